The Balaban J connectivity index is 2.18. The molecular weight excluding hydrogens is 128 g/mol. The molecule has 4 rings (SSSR count). The van der Waals surface area contributed by atoms with Crippen LogP contribution in [-0.4, -0.2) is 12.4 Å². The summed E-state index contributed by atoms with van der Waals surface area (Å²) < 4.78 is 10.8. The van der Waals surface area contributed by atoms with Gasteiger partial charge in [-0.05, 0) is 12.0 Å². The molecule has 0 saturated carbocycles. The summed E-state index contributed by atoms with van der Waals surface area (Å²) in [7, 11) is 0. The van der Waals surface area contributed by atoms with Crippen LogP contribution in [-0.2, 0) is 9.47 Å². The maximum atomic E-state index is 5.53. The van der Waals surface area contributed by atoms with Crippen molar-refractivity contribution in [3.8, 4) is 0 Å². The summed E-state index contributed by atoms with van der Waals surface area (Å²) >= 11 is 0. The fraction of sp³-hybridized carbons (Fsp3) is 0.500. The molecule has 4 aliphatic rings. The molecule has 0 amide bonds. The van der Waals surface area contributed by atoms with Gasteiger partial charge in [-0.15, -0.1) is 0 Å². The van der Waals surface area contributed by atoms with E-state index in [9.17, 15) is 0 Å². The monoisotopic (exact) mass is 136 g/mol. The quantitative estimate of drug-likeness (QED) is 0.500. The molecule has 2 unspecified atom stereocenters. The standard InChI is InChI=1S/C8H8O2/c1-2-7-5-3-6(1)10-8(7)9-4-5/h2,4,6,8H,1,3H2. The zero-order valence-corrected chi connectivity index (χ0v) is 5.54. The van der Waals surface area contributed by atoms with Gasteiger partial charge >= 0.3 is 0 Å². The van der Waals surface area contributed by atoms with Crippen LogP contribution < -0.4 is 0 Å². The first-order valence-electron chi connectivity index (χ1n) is 3.64. The normalized spacial score (nSPS) is 40.8. The summed E-state index contributed by atoms with van der Waals surface area (Å²) in [6.45, 7) is 0. The Hall–Kier alpha value is -0.760. The van der Waals surface area contributed by atoms with E-state index in [0.717, 1.165) is 12.8 Å². The molecule has 1 saturated heterocycles. The van der Waals surface area contributed by atoms with E-state index in [1.807, 2.05) is 6.26 Å². The molecule has 1 aliphatic carbocycles. The van der Waals surface area contributed by atoms with E-state index in [2.05, 4.69) is 6.08 Å². The van der Waals surface area contributed by atoms with Crippen molar-refractivity contribution in [2.75, 3.05) is 0 Å². The Morgan fingerprint density at radius 2 is 2.50 bits per heavy atom. The van der Waals surface area contributed by atoms with Gasteiger partial charge in [0.25, 0.3) is 0 Å². The predicted octanol–water partition coefficient (Wildman–Crippen LogP) is 1.35. The summed E-state index contributed by atoms with van der Waals surface area (Å²) in [6, 6.07) is 0. The minimum atomic E-state index is -0.0394. The van der Waals surface area contributed by atoms with Crippen LogP contribution in [0.4, 0.5) is 0 Å². The lowest BCUT2D eigenvalue weighted by atomic mass is 9.90. The molecule has 0 aromatic heterocycles. The van der Waals surface area contributed by atoms with E-state index >= 15 is 0 Å². The molecule has 10 heavy (non-hydrogen) atoms. The molecule has 1 fully saturated rings. The van der Waals surface area contributed by atoms with Crippen molar-refractivity contribution in [2.45, 2.75) is 25.2 Å². The predicted molar refractivity (Wildman–Crippen MR) is 35.1 cm³/mol. The lowest BCUT2D eigenvalue weighted by Crippen LogP contribution is -2.31. The molecule has 2 atom stereocenters. The maximum Gasteiger partial charge on any atom is 0.226 e. The second-order valence-corrected chi connectivity index (χ2v) is 2.97. The van der Waals surface area contributed by atoms with Crippen LogP contribution in [0.1, 0.15) is 12.8 Å². The van der Waals surface area contributed by atoms with Gasteiger partial charge in [-0.3, -0.25) is 0 Å². The van der Waals surface area contributed by atoms with Gasteiger partial charge in [0, 0.05) is 12.0 Å². The van der Waals surface area contributed by atoms with E-state index in [-0.39, 0.29) is 6.29 Å². The van der Waals surface area contributed by atoms with E-state index in [1.165, 1.54) is 11.1 Å². The van der Waals surface area contributed by atoms with Crippen LogP contribution in [0.3, 0.4) is 0 Å². The van der Waals surface area contributed by atoms with Crippen molar-refractivity contribution in [1.82, 2.24) is 0 Å². The SMILES string of the molecule is C1=C2CC3CC=C2C(O1)O3. The van der Waals surface area contributed by atoms with Gasteiger partial charge in [-0.25, -0.2) is 0 Å². The van der Waals surface area contributed by atoms with Crippen LogP contribution in [0.5, 0.6) is 0 Å². The highest BCUT2D eigenvalue weighted by molar-refractivity contribution is 5.40. The number of fused-ring (bicyclic) bond motifs is 1. The average Bonchev–Trinajstić information content (AvgIpc) is 2.29. The van der Waals surface area contributed by atoms with Gasteiger partial charge in [0.15, 0.2) is 0 Å². The van der Waals surface area contributed by atoms with Gasteiger partial charge in [-0.1, -0.05) is 6.08 Å². The van der Waals surface area contributed by atoms with Crippen LogP contribution in [0.15, 0.2) is 23.5 Å². The van der Waals surface area contributed by atoms with Crippen LogP contribution in [0.25, 0.3) is 0 Å². The van der Waals surface area contributed by atoms with Crippen LogP contribution in [0.2, 0.25) is 0 Å². The third-order valence-corrected chi connectivity index (χ3v) is 2.32. The van der Waals surface area contributed by atoms with Gasteiger partial charge in [0.1, 0.15) is 0 Å². The molecule has 0 N–H and O–H groups in total. The minimum absolute atomic E-state index is 0.0394. The smallest absolute Gasteiger partial charge is 0.226 e. The van der Waals surface area contributed by atoms with E-state index in [0.29, 0.717) is 6.10 Å². The number of hydrogen-bond donors (Lipinski definition) is 0. The first kappa shape index (κ1) is 4.97. The first-order chi connectivity index (χ1) is 4.93. The first-order valence-corrected chi connectivity index (χ1v) is 3.64. The Morgan fingerprint density at radius 3 is 3.20 bits per heavy atom. The van der Waals surface area contributed by atoms with Gasteiger partial charge in [0.05, 0.1) is 12.4 Å². The molecule has 4 bridgehead atoms. The van der Waals surface area contributed by atoms with Crippen LogP contribution >= 0.6 is 0 Å². The summed E-state index contributed by atoms with van der Waals surface area (Å²) in [6.07, 6.45) is 6.57. The van der Waals surface area contributed by atoms with Gasteiger partial charge in [-0.2, -0.15) is 0 Å². The maximum absolute atomic E-state index is 5.53. The second kappa shape index (κ2) is 1.45. The molecule has 2 heteroatoms. The molecular formula is C8H8O2. The zero-order chi connectivity index (χ0) is 6.55. The van der Waals surface area contributed by atoms with Crippen molar-refractivity contribution in [3.63, 3.8) is 0 Å². The molecule has 0 aromatic rings. The Morgan fingerprint density at radius 1 is 1.50 bits per heavy atom. The van der Waals surface area contributed by atoms with Gasteiger partial charge < -0.3 is 9.47 Å². The molecule has 0 spiro atoms. The number of hydrogen-bond acceptors (Lipinski definition) is 2. The highest BCUT2D eigenvalue weighted by Crippen LogP contribution is 2.41. The highest BCUT2D eigenvalue weighted by Gasteiger charge is 2.38. The molecule has 52 valence electrons. The van der Waals surface area contributed by atoms with Crippen molar-refractivity contribution >= 4 is 0 Å². The van der Waals surface area contributed by atoms with E-state index < -0.39 is 0 Å². The fourth-order valence-electron chi connectivity index (χ4n) is 1.80. The summed E-state index contributed by atoms with van der Waals surface area (Å²) in [4.78, 5) is 0. The van der Waals surface area contributed by atoms with E-state index in [4.69, 9.17) is 9.47 Å². The number of ether oxygens (including phenoxy) is 2. The molecule has 3 aliphatic heterocycles. The average molecular weight is 136 g/mol. The van der Waals surface area contributed by atoms with Crippen molar-refractivity contribution in [1.29, 1.82) is 0 Å². The fourth-order valence-corrected chi connectivity index (χ4v) is 1.80. The van der Waals surface area contributed by atoms with Gasteiger partial charge in [0.2, 0.25) is 6.29 Å². The largest absolute Gasteiger partial charge is 0.468 e. The summed E-state index contributed by atoms with van der Waals surface area (Å²) in [5, 5.41) is 0. The Kier molecular flexibility index (Phi) is 0.722. The van der Waals surface area contributed by atoms with Crippen LogP contribution in [0, 0.1) is 0 Å². The topological polar surface area (TPSA) is 18.5 Å². The highest BCUT2D eigenvalue weighted by atomic mass is 16.7. The molecule has 0 aromatic carbocycles. The Bertz CT molecular complexity index is 240. The van der Waals surface area contributed by atoms with Crippen molar-refractivity contribution < 1.29 is 9.47 Å². The molecule has 3 heterocycles. The van der Waals surface area contributed by atoms with Crippen molar-refractivity contribution in [3.05, 3.63) is 23.5 Å². The number of rotatable bonds is 0. The molecule has 2 nitrogen and oxygen atoms in total. The van der Waals surface area contributed by atoms with Crippen molar-refractivity contribution in [2.24, 2.45) is 0 Å². The summed E-state index contributed by atoms with van der Waals surface area (Å²) in [5.41, 5.74) is 2.63. The molecule has 0 radical (unpaired) electrons. The third kappa shape index (κ3) is 0.443. The summed E-state index contributed by atoms with van der Waals surface area (Å²) in [5.74, 6) is 0. The lowest BCUT2D eigenvalue weighted by Gasteiger charge is -2.31. The second-order valence-electron chi connectivity index (χ2n) is 2.97. The Labute approximate surface area is 59.1 Å². The third-order valence-electron chi connectivity index (χ3n) is 2.32. The lowest BCUT2D eigenvalue weighted by molar-refractivity contribution is -0.118. The van der Waals surface area contributed by atoms with E-state index in [1.54, 1.807) is 0 Å². The zero-order valence-electron chi connectivity index (χ0n) is 5.54. The minimum Gasteiger partial charge on any atom is -0.468 e.